The number of nitrogens with two attached hydrogens (primary N) is 1. The number of piperidine rings is 1. The van der Waals surface area contributed by atoms with Crippen LogP contribution in [0.2, 0.25) is 0 Å². The van der Waals surface area contributed by atoms with Crippen LogP contribution in [0.4, 0.5) is 11.5 Å². The van der Waals surface area contributed by atoms with Crippen LogP contribution in [0.3, 0.4) is 0 Å². The number of H-pyrrole nitrogens is 1. The molecule has 7 nitrogen and oxygen atoms in total. The second-order valence-electron chi connectivity index (χ2n) is 4.66. The van der Waals surface area contributed by atoms with Gasteiger partial charge in [0.05, 0.1) is 6.33 Å². The van der Waals surface area contributed by atoms with Crippen LogP contribution in [0.5, 0.6) is 0 Å². The van der Waals surface area contributed by atoms with Gasteiger partial charge in [-0.25, -0.2) is 9.78 Å². The number of aromatic nitrogens is 2. The topological polar surface area (TPSA) is 112 Å². The van der Waals surface area contributed by atoms with Crippen LogP contribution in [-0.2, 0) is 4.79 Å². The molecule has 1 saturated heterocycles. The summed E-state index contributed by atoms with van der Waals surface area (Å²) in [6.45, 7) is 2.17. The van der Waals surface area contributed by atoms with Crippen LogP contribution < -0.4 is 16.2 Å². The Morgan fingerprint density at radius 2 is 2.33 bits per heavy atom. The van der Waals surface area contributed by atoms with Crippen molar-refractivity contribution in [2.24, 2.45) is 0 Å². The Morgan fingerprint density at radius 1 is 1.61 bits per heavy atom. The summed E-state index contributed by atoms with van der Waals surface area (Å²) in [7, 11) is 0. The number of aromatic amines is 1. The maximum atomic E-state index is 11.5. The average Bonchev–Trinajstić information content (AvgIpc) is 2.34. The van der Waals surface area contributed by atoms with Gasteiger partial charge in [-0.05, 0) is 26.2 Å². The molecule has 1 aliphatic rings. The molecule has 0 aliphatic carbocycles. The predicted molar refractivity (Wildman–Crippen MR) is 66.5 cm³/mol. The third-order valence-electron chi connectivity index (χ3n) is 3.48. The minimum absolute atomic E-state index is 0.0353. The third-order valence-corrected chi connectivity index (χ3v) is 3.48. The monoisotopic (exact) mass is 252 g/mol. The summed E-state index contributed by atoms with van der Waals surface area (Å²) >= 11 is 0. The molecule has 0 aromatic carbocycles. The number of hydrogen-bond acceptors (Lipinski definition) is 5. The fraction of sp³-hybridized carbons (Fsp3) is 0.545. The van der Waals surface area contributed by atoms with Gasteiger partial charge in [-0.1, -0.05) is 0 Å². The van der Waals surface area contributed by atoms with Crippen molar-refractivity contribution in [3.8, 4) is 0 Å². The molecule has 4 N–H and O–H groups in total. The fourth-order valence-corrected chi connectivity index (χ4v) is 2.30. The Kier molecular flexibility index (Phi) is 2.98. The molecule has 1 atom stereocenters. The number of hydrogen-bond donors (Lipinski definition) is 3. The Labute approximate surface area is 104 Å². The number of nitrogen functional groups attached to an aromatic ring is 1. The normalized spacial score (nSPS) is 23.9. The molecule has 18 heavy (non-hydrogen) atoms. The van der Waals surface area contributed by atoms with Gasteiger partial charge in [-0.15, -0.1) is 0 Å². The summed E-state index contributed by atoms with van der Waals surface area (Å²) in [4.78, 5) is 30.9. The standard InChI is InChI=1S/C11H16N4O3/c1-11(10(17)18)4-2-3-5-15(11)8-7(12)9(16)14-6-13-8/h6H,2-5,12H2,1H3,(H,17,18)(H,13,14,16). The number of carbonyl (C=O) groups is 1. The van der Waals surface area contributed by atoms with Gasteiger partial charge in [0.15, 0.2) is 5.82 Å². The van der Waals surface area contributed by atoms with Gasteiger partial charge in [0.1, 0.15) is 11.2 Å². The van der Waals surface area contributed by atoms with E-state index >= 15 is 0 Å². The van der Waals surface area contributed by atoms with Crippen LogP contribution in [0.25, 0.3) is 0 Å². The van der Waals surface area contributed by atoms with E-state index in [0.29, 0.717) is 13.0 Å². The summed E-state index contributed by atoms with van der Waals surface area (Å²) in [5, 5.41) is 9.39. The lowest BCUT2D eigenvalue weighted by Gasteiger charge is -2.42. The molecule has 1 aromatic heterocycles. The largest absolute Gasteiger partial charge is 0.480 e. The number of anilines is 2. The highest BCUT2D eigenvalue weighted by atomic mass is 16.4. The lowest BCUT2D eigenvalue weighted by Crippen LogP contribution is -2.56. The molecule has 1 unspecified atom stereocenters. The molecule has 2 heterocycles. The number of aliphatic carboxylic acids is 1. The highest BCUT2D eigenvalue weighted by molar-refractivity contribution is 5.84. The van der Waals surface area contributed by atoms with Crippen molar-refractivity contribution in [3.05, 3.63) is 16.7 Å². The highest BCUT2D eigenvalue weighted by Crippen LogP contribution is 2.33. The Hall–Kier alpha value is -2.05. The van der Waals surface area contributed by atoms with Crippen molar-refractivity contribution >= 4 is 17.5 Å². The number of carboxylic acids is 1. The smallest absolute Gasteiger partial charge is 0.329 e. The van der Waals surface area contributed by atoms with Gasteiger partial charge in [0.2, 0.25) is 0 Å². The molecule has 0 amide bonds. The summed E-state index contributed by atoms with van der Waals surface area (Å²) in [5.41, 5.74) is 4.15. The third kappa shape index (κ3) is 1.81. The SMILES string of the molecule is CC1(C(=O)O)CCCCN1c1nc[nH]c(=O)c1N. The van der Waals surface area contributed by atoms with E-state index in [1.165, 1.54) is 6.33 Å². The first-order valence-corrected chi connectivity index (χ1v) is 5.81. The minimum atomic E-state index is -1.06. The van der Waals surface area contributed by atoms with Gasteiger partial charge < -0.3 is 20.7 Å². The van der Waals surface area contributed by atoms with Crippen molar-refractivity contribution in [1.29, 1.82) is 0 Å². The fourth-order valence-electron chi connectivity index (χ4n) is 2.30. The van der Waals surface area contributed by atoms with Crippen molar-refractivity contribution in [1.82, 2.24) is 9.97 Å². The summed E-state index contributed by atoms with van der Waals surface area (Å²) < 4.78 is 0. The number of carboxylic acid groups (broad SMARTS) is 1. The molecule has 1 aliphatic heterocycles. The van der Waals surface area contributed by atoms with Crippen LogP contribution >= 0.6 is 0 Å². The Bertz CT molecular complexity index is 527. The van der Waals surface area contributed by atoms with Gasteiger partial charge >= 0.3 is 5.97 Å². The first kappa shape index (κ1) is 12.4. The van der Waals surface area contributed by atoms with E-state index < -0.39 is 17.1 Å². The molecule has 0 bridgehead atoms. The van der Waals surface area contributed by atoms with Crippen molar-refractivity contribution in [2.75, 3.05) is 17.2 Å². The number of nitrogens with one attached hydrogen (secondary N) is 1. The molecule has 7 heteroatoms. The zero-order valence-electron chi connectivity index (χ0n) is 10.1. The van der Waals surface area contributed by atoms with Crippen LogP contribution in [0, 0.1) is 0 Å². The van der Waals surface area contributed by atoms with Crippen LogP contribution in [0.15, 0.2) is 11.1 Å². The lowest BCUT2D eigenvalue weighted by atomic mass is 9.88. The van der Waals surface area contributed by atoms with E-state index in [1.54, 1.807) is 11.8 Å². The maximum absolute atomic E-state index is 11.5. The number of rotatable bonds is 2. The molecule has 1 aromatic rings. The van der Waals surface area contributed by atoms with E-state index in [0.717, 1.165) is 12.8 Å². The molecule has 0 spiro atoms. The van der Waals surface area contributed by atoms with Gasteiger partial charge in [0.25, 0.3) is 5.56 Å². The van der Waals surface area contributed by atoms with Gasteiger partial charge in [0, 0.05) is 6.54 Å². The van der Waals surface area contributed by atoms with Crippen molar-refractivity contribution < 1.29 is 9.90 Å². The average molecular weight is 252 g/mol. The Balaban J connectivity index is 2.50. The van der Waals surface area contributed by atoms with Gasteiger partial charge in [-0.3, -0.25) is 4.79 Å². The molecule has 98 valence electrons. The first-order chi connectivity index (χ1) is 8.47. The maximum Gasteiger partial charge on any atom is 0.329 e. The number of nitrogens with zero attached hydrogens (tertiary/aromatic N) is 2. The second-order valence-corrected chi connectivity index (χ2v) is 4.66. The quantitative estimate of drug-likeness (QED) is 0.692. The van der Waals surface area contributed by atoms with Crippen molar-refractivity contribution in [2.45, 2.75) is 31.7 Å². The zero-order valence-corrected chi connectivity index (χ0v) is 10.1. The van der Waals surface area contributed by atoms with Gasteiger partial charge in [-0.2, -0.15) is 0 Å². The van der Waals surface area contributed by atoms with E-state index in [-0.39, 0.29) is 11.5 Å². The zero-order chi connectivity index (χ0) is 13.3. The van der Waals surface area contributed by atoms with E-state index in [1.807, 2.05) is 0 Å². The molecule has 2 rings (SSSR count). The second kappa shape index (κ2) is 4.32. The minimum Gasteiger partial charge on any atom is -0.480 e. The summed E-state index contributed by atoms with van der Waals surface area (Å²) in [6.07, 6.45) is 3.44. The molecule has 1 fully saturated rings. The van der Waals surface area contributed by atoms with Crippen LogP contribution in [0.1, 0.15) is 26.2 Å². The predicted octanol–water partition coefficient (Wildman–Crippen LogP) is 0.186. The molecular formula is C11H16N4O3. The van der Waals surface area contributed by atoms with E-state index in [2.05, 4.69) is 9.97 Å². The first-order valence-electron chi connectivity index (χ1n) is 5.81. The van der Waals surface area contributed by atoms with Crippen LogP contribution in [-0.4, -0.2) is 33.1 Å². The van der Waals surface area contributed by atoms with Crippen molar-refractivity contribution in [3.63, 3.8) is 0 Å². The van der Waals surface area contributed by atoms with E-state index in [9.17, 15) is 14.7 Å². The molecule has 0 radical (unpaired) electrons. The highest BCUT2D eigenvalue weighted by Gasteiger charge is 2.42. The van der Waals surface area contributed by atoms with E-state index in [4.69, 9.17) is 5.73 Å². The summed E-state index contributed by atoms with van der Waals surface area (Å²) in [5.74, 6) is -0.674. The lowest BCUT2D eigenvalue weighted by molar-refractivity contribution is -0.143. The molecular weight excluding hydrogens is 236 g/mol. The Morgan fingerprint density at radius 3 is 3.00 bits per heavy atom. The molecule has 0 saturated carbocycles. The summed E-state index contributed by atoms with van der Waals surface area (Å²) in [6, 6.07) is 0.